The Labute approximate surface area is 255 Å². The molecule has 13 nitrogen and oxygen atoms in total. The van der Waals surface area contributed by atoms with E-state index in [0.717, 1.165) is 15.9 Å². The van der Waals surface area contributed by atoms with Crippen molar-refractivity contribution in [1.82, 2.24) is 4.57 Å². The number of nitrogens with two attached hydrogens (primary N) is 3. The lowest BCUT2D eigenvalue weighted by Gasteiger charge is -2.23. The van der Waals surface area contributed by atoms with Crippen LogP contribution in [0.25, 0.3) is 17.5 Å². The molecular formula is C30H28N6O7S. The lowest BCUT2D eigenvalue weighted by molar-refractivity contribution is -0.120. The first-order chi connectivity index (χ1) is 21.1. The van der Waals surface area contributed by atoms with Crippen LogP contribution in [0, 0.1) is 22.7 Å². The van der Waals surface area contributed by atoms with Crippen LogP contribution in [0.1, 0.15) is 30.9 Å². The van der Waals surface area contributed by atoms with Crippen molar-refractivity contribution in [2.45, 2.75) is 19.8 Å². The van der Waals surface area contributed by atoms with E-state index in [1.165, 1.54) is 0 Å². The third-order valence-corrected chi connectivity index (χ3v) is 7.40. The molecule has 0 aliphatic carbocycles. The number of allylic oxidation sites excluding steroid dienone is 1. The minimum Gasteiger partial charge on any atom is -0.490 e. The quantitative estimate of drug-likeness (QED) is 0.254. The predicted molar refractivity (Wildman–Crippen MR) is 161 cm³/mol. The van der Waals surface area contributed by atoms with Crippen molar-refractivity contribution in [2.75, 3.05) is 26.4 Å². The zero-order valence-electron chi connectivity index (χ0n) is 23.8. The molecule has 0 fully saturated rings. The molecule has 6 N–H and O–H groups in total. The summed E-state index contributed by atoms with van der Waals surface area (Å²) in [6, 6.07) is 13.9. The summed E-state index contributed by atoms with van der Waals surface area (Å²) in [4.78, 5) is 36.0. The van der Waals surface area contributed by atoms with E-state index in [9.17, 15) is 24.9 Å². The Morgan fingerprint density at radius 1 is 0.886 bits per heavy atom. The van der Waals surface area contributed by atoms with E-state index >= 15 is 0 Å². The van der Waals surface area contributed by atoms with Crippen LogP contribution in [-0.2, 0) is 9.59 Å². The van der Waals surface area contributed by atoms with Gasteiger partial charge in [-0.15, -0.1) is 11.3 Å². The SMILES string of the molecule is CCOc1cc(/C=c2\sc3n(c2=O)C(N)=C(C#N)C(c2ccc(OCC(N)=O)c(OCC)c2)C=3C#N)ccc1OCC(N)=O. The fourth-order valence-corrected chi connectivity index (χ4v) is 5.66. The maximum absolute atomic E-state index is 13.6. The van der Waals surface area contributed by atoms with Crippen molar-refractivity contribution in [2.24, 2.45) is 17.2 Å². The zero-order chi connectivity index (χ0) is 32.0. The first-order valence-corrected chi connectivity index (χ1v) is 14.1. The molecule has 1 aromatic heterocycles. The molecule has 0 spiro atoms. The Bertz CT molecular complexity index is 1930. The molecule has 4 rings (SSSR count). The summed E-state index contributed by atoms with van der Waals surface area (Å²) < 4.78 is 23.9. The van der Waals surface area contributed by atoms with E-state index < -0.39 is 23.3 Å². The van der Waals surface area contributed by atoms with Gasteiger partial charge in [0.05, 0.1) is 46.9 Å². The molecule has 44 heavy (non-hydrogen) atoms. The number of nitriles is 2. The second-order valence-electron chi connectivity index (χ2n) is 9.21. The van der Waals surface area contributed by atoms with Gasteiger partial charge in [0.2, 0.25) is 0 Å². The molecule has 2 aromatic carbocycles. The summed E-state index contributed by atoms with van der Waals surface area (Å²) in [5.41, 5.74) is 17.5. The molecule has 1 aliphatic heterocycles. The van der Waals surface area contributed by atoms with Crippen LogP contribution in [0.2, 0.25) is 0 Å². The summed E-state index contributed by atoms with van der Waals surface area (Å²) in [5.74, 6) is -1.17. The summed E-state index contributed by atoms with van der Waals surface area (Å²) in [6.45, 7) is 3.42. The third kappa shape index (κ3) is 6.35. The van der Waals surface area contributed by atoms with Crippen molar-refractivity contribution in [1.29, 1.82) is 10.5 Å². The number of hydrogen-bond acceptors (Lipinski definition) is 11. The molecule has 0 radical (unpaired) electrons. The average molecular weight is 617 g/mol. The molecular weight excluding hydrogens is 588 g/mol. The van der Waals surface area contributed by atoms with Crippen molar-refractivity contribution in [3.05, 3.63) is 72.6 Å². The number of ether oxygens (including phenoxy) is 4. The molecule has 1 unspecified atom stereocenters. The summed E-state index contributed by atoms with van der Waals surface area (Å²) in [7, 11) is 0. The fraction of sp³-hybridized carbons (Fsp3) is 0.233. The van der Waals surface area contributed by atoms with Crippen LogP contribution in [0.4, 0.5) is 0 Å². The smallest absolute Gasteiger partial charge is 0.274 e. The summed E-state index contributed by atoms with van der Waals surface area (Å²) in [5, 5.41) is 20.4. The third-order valence-electron chi connectivity index (χ3n) is 6.30. The van der Waals surface area contributed by atoms with Crippen molar-refractivity contribution < 1.29 is 28.5 Å². The molecule has 0 saturated heterocycles. The number of amides is 2. The van der Waals surface area contributed by atoms with E-state index in [1.54, 1.807) is 56.3 Å². The van der Waals surface area contributed by atoms with E-state index in [-0.39, 0.29) is 57.5 Å². The largest absolute Gasteiger partial charge is 0.490 e. The second kappa shape index (κ2) is 13.5. The zero-order valence-corrected chi connectivity index (χ0v) is 24.6. The number of primary amides is 2. The highest BCUT2D eigenvalue weighted by atomic mass is 32.1. The number of nitrogens with zero attached hydrogens (tertiary/aromatic N) is 3. The van der Waals surface area contributed by atoms with Crippen LogP contribution < -0.4 is 50.9 Å². The van der Waals surface area contributed by atoms with E-state index in [1.807, 2.05) is 0 Å². The topological polar surface area (TPSA) is 219 Å². The maximum atomic E-state index is 13.6. The number of carbonyl (C=O) groups is 2. The van der Waals surface area contributed by atoms with Gasteiger partial charge < -0.3 is 36.1 Å². The van der Waals surface area contributed by atoms with Gasteiger partial charge in [-0.25, -0.2) is 0 Å². The number of fused-ring (bicyclic) bond motifs is 1. The minimum absolute atomic E-state index is 0.00309. The van der Waals surface area contributed by atoms with Crippen LogP contribution in [0.15, 0.2) is 46.8 Å². The summed E-state index contributed by atoms with van der Waals surface area (Å²) in [6.07, 6.45) is 1.60. The number of carbonyl (C=O) groups excluding carboxylic acids is 2. The lowest BCUT2D eigenvalue weighted by atomic mass is 9.84. The van der Waals surface area contributed by atoms with Gasteiger partial charge in [0.25, 0.3) is 17.4 Å². The van der Waals surface area contributed by atoms with Gasteiger partial charge in [-0.3, -0.25) is 19.0 Å². The molecule has 2 amide bonds. The van der Waals surface area contributed by atoms with Gasteiger partial charge in [-0.2, -0.15) is 10.5 Å². The van der Waals surface area contributed by atoms with Gasteiger partial charge in [0, 0.05) is 0 Å². The van der Waals surface area contributed by atoms with E-state index in [2.05, 4.69) is 12.1 Å². The Kier molecular flexibility index (Phi) is 9.57. The standard InChI is InChI=1S/C30H28N6O7S/c1-3-40-22-9-16(5-7-20(22)42-14-25(33)37)10-24-29(39)36-28(35)18(12-31)27(19(13-32)30(36)44-24)17-6-8-21(43-15-26(34)38)23(11-17)41-4-2/h5-11,27H,3-4,14-15,35H2,1-2H3,(H2,33,37)(H2,34,38)/b24-10-. The van der Waals surface area contributed by atoms with Crippen molar-refractivity contribution in [3.63, 3.8) is 0 Å². The molecule has 3 aromatic rings. The van der Waals surface area contributed by atoms with Crippen LogP contribution in [-0.4, -0.2) is 42.8 Å². The fourth-order valence-electron chi connectivity index (χ4n) is 4.53. The van der Waals surface area contributed by atoms with Gasteiger partial charge in [0.15, 0.2) is 36.2 Å². The monoisotopic (exact) mass is 616 g/mol. The van der Waals surface area contributed by atoms with Gasteiger partial charge in [0.1, 0.15) is 10.5 Å². The first kappa shape index (κ1) is 31.2. The van der Waals surface area contributed by atoms with Crippen molar-refractivity contribution in [3.8, 4) is 35.1 Å². The Morgan fingerprint density at radius 3 is 2.00 bits per heavy atom. The molecule has 1 aliphatic rings. The Balaban J connectivity index is 1.88. The van der Waals surface area contributed by atoms with Crippen LogP contribution >= 0.6 is 11.3 Å². The van der Waals surface area contributed by atoms with Crippen LogP contribution in [0.3, 0.4) is 0 Å². The normalized spacial score (nSPS) is 14.3. The number of rotatable bonds is 12. The molecule has 0 saturated carbocycles. The number of aromatic nitrogens is 1. The van der Waals surface area contributed by atoms with E-state index in [4.69, 9.17) is 36.1 Å². The second-order valence-corrected chi connectivity index (χ2v) is 10.2. The van der Waals surface area contributed by atoms with Gasteiger partial charge in [-0.1, -0.05) is 12.1 Å². The van der Waals surface area contributed by atoms with E-state index in [0.29, 0.717) is 29.2 Å². The van der Waals surface area contributed by atoms with Gasteiger partial charge in [-0.05, 0) is 55.3 Å². The molecule has 2 heterocycles. The molecule has 0 bridgehead atoms. The Hall–Kier alpha value is -5.73. The molecule has 1 atom stereocenters. The lowest BCUT2D eigenvalue weighted by Crippen LogP contribution is -2.38. The minimum atomic E-state index is -0.911. The number of benzene rings is 2. The maximum Gasteiger partial charge on any atom is 0.274 e. The first-order valence-electron chi connectivity index (χ1n) is 13.3. The summed E-state index contributed by atoms with van der Waals surface area (Å²) >= 11 is 1.04. The highest BCUT2D eigenvalue weighted by Gasteiger charge is 2.33. The molecule has 14 heteroatoms. The van der Waals surface area contributed by atoms with Gasteiger partial charge >= 0.3 is 0 Å². The van der Waals surface area contributed by atoms with Crippen molar-refractivity contribution >= 4 is 40.6 Å². The predicted octanol–water partition coefficient (Wildman–Crippen LogP) is 0.387. The number of hydrogen-bond donors (Lipinski definition) is 3. The molecule has 226 valence electrons. The highest BCUT2D eigenvalue weighted by Crippen LogP contribution is 2.39. The Morgan fingerprint density at radius 2 is 1.45 bits per heavy atom. The van der Waals surface area contributed by atoms with Crippen LogP contribution in [0.5, 0.6) is 23.0 Å². The average Bonchev–Trinajstić information content (AvgIpc) is 3.31. The number of thiazole rings is 1. The highest BCUT2D eigenvalue weighted by molar-refractivity contribution is 7.07.